The molecule has 1 atom stereocenters. The number of fused-ring (bicyclic) bond motifs is 1. The van der Waals surface area contributed by atoms with E-state index in [1.165, 1.54) is 11.2 Å². The minimum Gasteiger partial charge on any atom is -0.347 e. The van der Waals surface area contributed by atoms with Crippen LogP contribution in [-0.4, -0.2) is 49.5 Å². The van der Waals surface area contributed by atoms with Crippen molar-refractivity contribution in [2.75, 3.05) is 13.1 Å². The Morgan fingerprint density at radius 2 is 2.33 bits per heavy atom. The lowest BCUT2D eigenvalue weighted by molar-refractivity contribution is 0.0896. The number of hydrogen-bond donors (Lipinski definition) is 1. The summed E-state index contributed by atoms with van der Waals surface area (Å²) in [6, 6.07) is 6.22. The fourth-order valence-electron chi connectivity index (χ4n) is 3.56. The van der Waals surface area contributed by atoms with Gasteiger partial charge >= 0.3 is 0 Å². The highest BCUT2D eigenvalue weighted by Gasteiger charge is 2.23. The van der Waals surface area contributed by atoms with Gasteiger partial charge in [-0.3, -0.25) is 9.69 Å². The molecule has 0 unspecified atom stereocenters. The van der Waals surface area contributed by atoms with Crippen LogP contribution in [0, 0.1) is 0 Å². The SMILES string of the molecule is CC(C)c1cc(C(=O)N[C@@H]2CCCN(Cc3cccs3)C2)nc2ncnn12. The van der Waals surface area contributed by atoms with Gasteiger partial charge in [-0.2, -0.15) is 10.1 Å². The molecule has 0 aromatic carbocycles. The Hall–Kier alpha value is -2.32. The molecular weight excluding hydrogens is 360 g/mol. The van der Waals surface area contributed by atoms with E-state index in [1.54, 1.807) is 15.9 Å². The standard InChI is InChI=1S/C19H24N6OS/c1-13(2)17-9-16(23-19-20-12-21-25(17)19)18(26)22-14-5-3-7-24(10-14)11-15-6-4-8-27-15/h4,6,8-9,12-14H,3,5,7,10-11H2,1-2H3,(H,22,26)/t14-/m1/s1. The second kappa shape index (κ2) is 7.74. The summed E-state index contributed by atoms with van der Waals surface area (Å²) >= 11 is 1.78. The minimum atomic E-state index is -0.134. The van der Waals surface area contributed by atoms with Crippen LogP contribution in [0.25, 0.3) is 5.78 Å². The first-order valence-corrected chi connectivity index (χ1v) is 10.2. The average Bonchev–Trinajstić information content (AvgIpc) is 3.32. The predicted octanol–water partition coefficient (Wildman–Crippen LogP) is 2.70. The van der Waals surface area contributed by atoms with Gasteiger partial charge in [0.1, 0.15) is 12.0 Å². The molecule has 1 aliphatic heterocycles. The minimum absolute atomic E-state index is 0.134. The number of piperidine rings is 1. The maximum atomic E-state index is 12.8. The quantitative estimate of drug-likeness (QED) is 0.732. The third-order valence-electron chi connectivity index (χ3n) is 4.90. The topological polar surface area (TPSA) is 75.4 Å². The van der Waals surface area contributed by atoms with E-state index in [0.29, 0.717) is 11.5 Å². The molecule has 0 bridgehead atoms. The van der Waals surface area contributed by atoms with Crippen molar-refractivity contribution < 1.29 is 4.79 Å². The van der Waals surface area contributed by atoms with Crippen LogP contribution in [0.15, 0.2) is 29.9 Å². The lowest BCUT2D eigenvalue weighted by Gasteiger charge is -2.32. The Balaban J connectivity index is 1.46. The molecule has 7 nitrogen and oxygen atoms in total. The van der Waals surface area contributed by atoms with Crippen molar-refractivity contribution in [1.29, 1.82) is 0 Å². The van der Waals surface area contributed by atoms with Gasteiger partial charge in [-0.05, 0) is 42.8 Å². The summed E-state index contributed by atoms with van der Waals surface area (Å²) in [6.45, 7) is 7.04. The van der Waals surface area contributed by atoms with Gasteiger partial charge < -0.3 is 5.32 Å². The zero-order valence-electron chi connectivity index (χ0n) is 15.6. The van der Waals surface area contributed by atoms with Gasteiger partial charge in [0.05, 0.1) is 5.69 Å². The lowest BCUT2D eigenvalue weighted by Crippen LogP contribution is -2.47. The maximum Gasteiger partial charge on any atom is 0.270 e. The van der Waals surface area contributed by atoms with E-state index in [-0.39, 0.29) is 17.9 Å². The van der Waals surface area contributed by atoms with Gasteiger partial charge in [-0.15, -0.1) is 11.3 Å². The van der Waals surface area contributed by atoms with E-state index < -0.39 is 0 Å². The van der Waals surface area contributed by atoms with Crippen LogP contribution < -0.4 is 5.32 Å². The largest absolute Gasteiger partial charge is 0.347 e. The molecule has 27 heavy (non-hydrogen) atoms. The molecule has 4 rings (SSSR count). The van der Waals surface area contributed by atoms with Crippen LogP contribution in [0.5, 0.6) is 0 Å². The maximum absolute atomic E-state index is 12.8. The highest BCUT2D eigenvalue weighted by molar-refractivity contribution is 7.09. The molecule has 0 radical (unpaired) electrons. The number of rotatable bonds is 5. The Morgan fingerprint density at radius 1 is 1.44 bits per heavy atom. The fraction of sp³-hybridized carbons (Fsp3) is 0.474. The van der Waals surface area contributed by atoms with Crippen molar-refractivity contribution in [3.05, 3.63) is 46.2 Å². The van der Waals surface area contributed by atoms with Crippen LogP contribution >= 0.6 is 11.3 Å². The summed E-state index contributed by atoms with van der Waals surface area (Å²) < 4.78 is 1.70. The predicted molar refractivity (Wildman–Crippen MR) is 105 cm³/mol. The van der Waals surface area contributed by atoms with E-state index >= 15 is 0 Å². The summed E-state index contributed by atoms with van der Waals surface area (Å²) in [6.07, 6.45) is 3.56. The van der Waals surface area contributed by atoms with Crippen molar-refractivity contribution in [2.24, 2.45) is 0 Å². The Morgan fingerprint density at radius 3 is 3.11 bits per heavy atom. The second-order valence-corrected chi connectivity index (χ2v) is 8.35. The van der Waals surface area contributed by atoms with Crippen molar-refractivity contribution in [3.63, 3.8) is 0 Å². The Labute approximate surface area is 162 Å². The number of thiophene rings is 1. The Bertz CT molecular complexity index is 920. The highest BCUT2D eigenvalue weighted by Crippen LogP contribution is 2.18. The first-order valence-electron chi connectivity index (χ1n) is 9.36. The van der Waals surface area contributed by atoms with Crippen molar-refractivity contribution in [2.45, 2.75) is 45.2 Å². The molecule has 142 valence electrons. The van der Waals surface area contributed by atoms with E-state index in [1.807, 2.05) is 6.07 Å². The molecular formula is C19H24N6OS. The third kappa shape index (κ3) is 4.01. The number of hydrogen-bond acceptors (Lipinski definition) is 6. The molecule has 0 aliphatic carbocycles. The van der Waals surface area contributed by atoms with Crippen molar-refractivity contribution in [3.8, 4) is 0 Å². The molecule has 0 saturated carbocycles. The third-order valence-corrected chi connectivity index (χ3v) is 5.76. The Kier molecular flexibility index (Phi) is 5.18. The smallest absolute Gasteiger partial charge is 0.270 e. The monoisotopic (exact) mass is 384 g/mol. The first kappa shape index (κ1) is 18.1. The van der Waals surface area contributed by atoms with Gasteiger partial charge in [0, 0.05) is 24.0 Å². The van der Waals surface area contributed by atoms with Crippen LogP contribution in [0.3, 0.4) is 0 Å². The summed E-state index contributed by atoms with van der Waals surface area (Å²) in [7, 11) is 0. The van der Waals surface area contributed by atoms with Crippen LogP contribution in [0.2, 0.25) is 0 Å². The molecule has 0 spiro atoms. The molecule has 1 amide bonds. The van der Waals surface area contributed by atoms with E-state index in [4.69, 9.17) is 0 Å². The molecule has 4 heterocycles. The zero-order chi connectivity index (χ0) is 18.8. The van der Waals surface area contributed by atoms with E-state index in [0.717, 1.165) is 38.2 Å². The number of carbonyl (C=O) groups is 1. The lowest BCUT2D eigenvalue weighted by atomic mass is 10.0. The van der Waals surface area contributed by atoms with Gasteiger partial charge in [-0.1, -0.05) is 19.9 Å². The number of nitrogens with zero attached hydrogens (tertiary/aromatic N) is 5. The molecule has 3 aromatic heterocycles. The second-order valence-electron chi connectivity index (χ2n) is 7.32. The summed E-state index contributed by atoms with van der Waals surface area (Å²) in [5, 5.41) is 9.49. The fourth-order valence-corrected chi connectivity index (χ4v) is 4.31. The van der Waals surface area contributed by atoms with Gasteiger partial charge in [0.15, 0.2) is 0 Å². The molecule has 3 aromatic rings. The van der Waals surface area contributed by atoms with Crippen LogP contribution in [0.4, 0.5) is 0 Å². The average molecular weight is 385 g/mol. The highest BCUT2D eigenvalue weighted by atomic mass is 32.1. The van der Waals surface area contributed by atoms with Gasteiger partial charge in [-0.25, -0.2) is 9.50 Å². The van der Waals surface area contributed by atoms with Gasteiger partial charge in [0.2, 0.25) is 0 Å². The molecule has 8 heteroatoms. The number of aromatic nitrogens is 4. The summed E-state index contributed by atoms with van der Waals surface area (Å²) in [5.74, 6) is 0.555. The first-order chi connectivity index (χ1) is 13.1. The molecule has 1 saturated heterocycles. The summed E-state index contributed by atoms with van der Waals surface area (Å²) in [4.78, 5) is 25.2. The zero-order valence-corrected chi connectivity index (χ0v) is 16.4. The molecule has 1 N–H and O–H groups in total. The van der Waals surface area contributed by atoms with Crippen molar-refractivity contribution >= 4 is 23.0 Å². The summed E-state index contributed by atoms with van der Waals surface area (Å²) in [5.41, 5.74) is 1.35. The van der Waals surface area contributed by atoms with Crippen LogP contribution in [-0.2, 0) is 6.54 Å². The number of likely N-dealkylation sites (tertiary alicyclic amines) is 1. The number of amides is 1. The van der Waals surface area contributed by atoms with Crippen LogP contribution in [0.1, 0.15) is 53.7 Å². The number of carbonyl (C=O) groups excluding carboxylic acids is 1. The number of nitrogens with one attached hydrogen (secondary N) is 1. The molecule has 1 fully saturated rings. The normalized spacial score (nSPS) is 18.3. The van der Waals surface area contributed by atoms with Crippen molar-refractivity contribution in [1.82, 2.24) is 29.8 Å². The van der Waals surface area contributed by atoms with E-state index in [2.05, 4.69) is 56.6 Å². The van der Waals surface area contributed by atoms with E-state index in [9.17, 15) is 4.79 Å². The van der Waals surface area contributed by atoms with Gasteiger partial charge in [0.25, 0.3) is 11.7 Å². The molecule has 1 aliphatic rings.